The van der Waals surface area contributed by atoms with E-state index in [1.54, 1.807) is 12.2 Å². The molecule has 0 atom stereocenters. The van der Waals surface area contributed by atoms with Crippen molar-refractivity contribution in [3.63, 3.8) is 0 Å². The van der Waals surface area contributed by atoms with Gasteiger partial charge in [0.1, 0.15) is 11.5 Å². The third-order valence-corrected chi connectivity index (χ3v) is 8.14. The van der Waals surface area contributed by atoms with Crippen LogP contribution >= 0.6 is 0 Å². The van der Waals surface area contributed by atoms with E-state index in [0.29, 0.717) is 0 Å². The van der Waals surface area contributed by atoms with Gasteiger partial charge in [0.15, 0.2) is 0 Å². The van der Waals surface area contributed by atoms with Crippen LogP contribution < -0.4 is 0 Å². The highest BCUT2D eigenvalue weighted by atomic mass is 16.3. The first-order valence-electron chi connectivity index (χ1n) is 13.2. The zero-order chi connectivity index (χ0) is 27.9. The Kier molecular flexibility index (Phi) is 6.66. The van der Waals surface area contributed by atoms with E-state index in [-0.39, 0.29) is 11.5 Å². The molecule has 0 spiro atoms. The first-order chi connectivity index (χ1) is 18.6. The van der Waals surface area contributed by atoms with Crippen molar-refractivity contribution in [2.75, 3.05) is 0 Å². The quantitative estimate of drug-likeness (QED) is 0.176. The molecule has 0 saturated carbocycles. The Morgan fingerprint density at radius 2 is 1.00 bits per heavy atom. The molecule has 0 fully saturated rings. The summed E-state index contributed by atoms with van der Waals surface area (Å²) < 4.78 is 0. The Morgan fingerprint density at radius 3 is 1.38 bits per heavy atom. The van der Waals surface area contributed by atoms with Gasteiger partial charge in [-0.2, -0.15) is 0 Å². The molecule has 39 heavy (non-hydrogen) atoms. The second-order valence-corrected chi connectivity index (χ2v) is 10.5. The van der Waals surface area contributed by atoms with Crippen LogP contribution in [-0.4, -0.2) is 10.2 Å². The van der Waals surface area contributed by atoms with Crippen LogP contribution in [0.2, 0.25) is 0 Å². The van der Waals surface area contributed by atoms with Gasteiger partial charge in [0.2, 0.25) is 0 Å². The molecular weight excluding hydrogens is 476 g/mol. The Morgan fingerprint density at radius 1 is 0.615 bits per heavy atom. The normalized spacial score (nSPS) is 13.5. The molecule has 2 N–H and O–H groups in total. The van der Waals surface area contributed by atoms with E-state index in [2.05, 4.69) is 114 Å². The second-order valence-electron chi connectivity index (χ2n) is 10.5. The van der Waals surface area contributed by atoms with Crippen molar-refractivity contribution in [2.24, 2.45) is 0 Å². The molecule has 0 saturated heterocycles. The third kappa shape index (κ3) is 4.32. The summed E-state index contributed by atoms with van der Waals surface area (Å²) in [5.74, 6) is 0.0552. The Bertz CT molecular complexity index is 1570. The maximum absolute atomic E-state index is 9.81. The van der Waals surface area contributed by atoms with Crippen molar-refractivity contribution >= 4 is 12.2 Å². The number of aliphatic hydroxyl groups is 2. The minimum atomic E-state index is -0.568. The average molecular weight is 511 g/mol. The number of aryl methyl sites for hydroxylation is 2. The fourth-order valence-electron chi connectivity index (χ4n) is 5.95. The van der Waals surface area contributed by atoms with Gasteiger partial charge in [0.05, 0.1) is 5.41 Å². The predicted molar refractivity (Wildman–Crippen MR) is 164 cm³/mol. The molecule has 4 aromatic carbocycles. The van der Waals surface area contributed by atoms with Crippen molar-refractivity contribution in [1.82, 2.24) is 0 Å². The fraction of sp³-hybridized carbons (Fsp3) is 0.135. The van der Waals surface area contributed by atoms with Crippen LogP contribution in [0, 0.1) is 27.7 Å². The molecule has 1 aliphatic rings. The maximum Gasteiger partial charge on any atom is 0.108 e. The van der Waals surface area contributed by atoms with Crippen molar-refractivity contribution in [1.29, 1.82) is 0 Å². The van der Waals surface area contributed by atoms with E-state index in [0.717, 1.165) is 33.4 Å². The minimum Gasteiger partial charge on any atom is -0.509 e. The molecule has 0 heterocycles. The summed E-state index contributed by atoms with van der Waals surface area (Å²) in [5, 5.41) is 19.6. The van der Waals surface area contributed by atoms with E-state index < -0.39 is 5.41 Å². The van der Waals surface area contributed by atoms with Crippen LogP contribution in [-0.2, 0) is 5.41 Å². The highest BCUT2D eigenvalue weighted by molar-refractivity contribution is 5.87. The lowest BCUT2D eigenvalue weighted by Crippen LogP contribution is -2.29. The summed E-state index contributed by atoms with van der Waals surface area (Å²) in [5.41, 5.74) is 13.5. The van der Waals surface area contributed by atoms with E-state index in [1.165, 1.54) is 33.4 Å². The number of hydrogen-bond donors (Lipinski definition) is 2. The van der Waals surface area contributed by atoms with Crippen molar-refractivity contribution < 1.29 is 10.2 Å². The van der Waals surface area contributed by atoms with Crippen molar-refractivity contribution in [3.8, 4) is 11.1 Å². The van der Waals surface area contributed by atoms with Gasteiger partial charge in [-0.15, -0.1) is 0 Å². The van der Waals surface area contributed by atoms with Crippen LogP contribution in [0.3, 0.4) is 0 Å². The molecule has 0 radical (unpaired) electrons. The summed E-state index contributed by atoms with van der Waals surface area (Å²) in [6, 6.07) is 26.5. The molecule has 2 nitrogen and oxygen atoms in total. The SMILES string of the molecule is C=C(O)/C=C\c1cc(C2(c3cc(C)c(C)c(/C=C\C(=C)O)c3)c3ccccc3-c3ccccc32)cc(C)c1C. The Labute approximate surface area is 231 Å². The second kappa shape index (κ2) is 9.96. The lowest BCUT2D eigenvalue weighted by molar-refractivity contribution is 0.435. The van der Waals surface area contributed by atoms with E-state index in [1.807, 2.05) is 12.2 Å². The molecule has 0 unspecified atom stereocenters. The van der Waals surface area contributed by atoms with Crippen LogP contribution in [0.5, 0.6) is 0 Å². The topological polar surface area (TPSA) is 40.5 Å². The number of aliphatic hydroxyl groups excluding tert-OH is 2. The van der Waals surface area contributed by atoms with Crippen molar-refractivity contribution in [2.45, 2.75) is 33.1 Å². The van der Waals surface area contributed by atoms with Crippen LogP contribution in [0.4, 0.5) is 0 Å². The Balaban J connectivity index is 1.94. The molecule has 4 aromatic rings. The standard InChI is InChI=1S/C37H34O2/c1-23-19-31(21-29(27(23)5)17-15-25(3)38)37(32-20-24(2)28(6)30(22-32)18-16-26(4)39)35-13-9-7-11-33(35)34-12-8-10-14-36(34)37/h7-22,38-39H,3-4H2,1-2,5-6H3/b17-15-,18-16-. The summed E-state index contributed by atoms with van der Waals surface area (Å²) in [4.78, 5) is 0. The van der Waals surface area contributed by atoms with Gasteiger partial charge in [0.25, 0.3) is 0 Å². The maximum atomic E-state index is 9.81. The van der Waals surface area contributed by atoms with E-state index in [4.69, 9.17) is 0 Å². The van der Waals surface area contributed by atoms with Gasteiger partial charge in [-0.3, -0.25) is 0 Å². The summed E-state index contributed by atoms with van der Waals surface area (Å²) in [7, 11) is 0. The number of hydrogen-bond acceptors (Lipinski definition) is 2. The van der Waals surface area contributed by atoms with Gasteiger partial charge in [-0.05, 0) is 119 Å². The number of fused-ring (bicyclic) bond motifs is 3. The zero-order valence-electron chi connectivity index (χ0n) is 23.0. The van der Waals surface area contributed by atoms with Crippen LogP contribution in [0.15, 0.2) is 110 Å². The summed E-state index contributed by atoms with van der Waals surface area (Å²) in [6.07, 6.45) is 7.18. The van der Waals surface area contributed by atoms with Gasteiger partial charge in [-0.25, -0.2) is 0 Å². The van der Waals surface area contributed by atoms with Crippen molar-refractivity contribution in [3.05, 3.63) is 165 Å². The molecular formula is C37H34O2. The highest BCUT2D eigenvalue weighted by Crippen LogP contribution is 2.56. The van der Waals surface area contributed by atoms with E-state index >= 15 is 0 Å². The molecule has 1 aliphatic carbocycles. The lowest BCUT2D eigenvalue weighted by atomic mass is 9.66. The molecule has 2 heteroatoms. The molecule has 5 rings (SSSR count). The van der Waals surface area contributed by atoms with Gasteiger partial charge in [-0.1, -0.05) is 86.0 Å². The smallest absolute Gasteiger partial charge is 0.108 e. The molecule has 0 amide bonds. The summed E-state index contributed by atoms with van der Waals surface area (Å²) in [6.45, 7) is 15.8. The number of allylic oxidation sites excluding steroid dienone is 2. The zero-order valence-corrected chi connectivity index (χ0v) is 23.0. The highest BCUT2D eigenvalue weighted by Gasteiger charge is 2.46. The first-order valence-corrected chi connectivity index (χ1v) is 13.2. The van der Waals surface area contributed by atoms with Gasteiger partial charge in [0, 0.05) is 0 Å². The summed E-state index contributed by atoms with van der Waals surface area (Å²) >= 11 is 0. The monoisotopic (exact) mass is 510 g/mol. The van der Waals surface area contributed by atoms with E-state index in [9.17, 15) is 10.2 Å². The van der Waals surface area contributed by atoms with Crippen LogP contribution in [0.1, 0.15) is 55.6 Å². The lowest BCUT2D eigenvalue weighted by Gasteiger charge is -2.35. The largest absolute Gasteiger partial charge is 0.509 e. The fourth-order valence-corrected chi connectivity index (χ4v) is 5.95. The molecule has 0 aliphatic heterocycles. The molecule has 0 aromatic heterocycles. The molecule has 194 valence electrons. The number of benzene rings is 4. The number of rotatable bonds is 6. The van der Waals surface area contributed by atoms with Gasteiger partial charge >= 0.3 is 0 Å². The third-order valence-electron chi connectivity index (χ3n) is 8.14. The first kappa shape index (κ1) is 26.1. The molecule has 0 bridgehead atoms. The average Bonchev–Trinajstić information content (AvgIpc) is 3.21. The minimum absolute atomic E-state index is 0.0276. The Hall–Kier alpha value is -4.56. The van der Waals surface area contributed by atoms with Crippen LogP contribution in [0.25, 0.3) is 23.3 Å². The predicted octanol–water partition coefficient (Wildman–Crippen LogP) is 9.45. The van der Waals surface area contributed by atoms with Gasteiger partial charge < -0.3 is 10.2 Å².